The molecule has 1 saturated carbocycles. The molecule has 1 aliphatic carbocycles. The molecule has 110 valence electrons. The minimum Gasteiger partial charge on any atom is -0.480 e. The first-order chi connectivity index (χ1) is 9.15. The van der Waals surface area contributed by atoms with E-state index in [0.29, 0.717) is 17.9 Å². The lowest BCUT2D eigenvalue weighted by molar-refractivity contribution is -0.144. The smallest absolute Gasteiger partial charge is 0.321 e. The highest BCUT2D eigenvalue weighted by Crippen LogP contribution is 2.43. The Kier molecular flexibility index (Phi) is 5.26. The van der Waals surface area contributed by atoms with Gasteiger partial charge in [0.25, 0.3) is 0 Å². The number of carbonyl (C=O) groups is 1. The third kappa shape index (κ3) is 3.31. The fraction of sp³-hybridized carbons (Fsp3) is 0.938. The molecule has 19 heavy (non-hydrogen) atoms. The molecule has 1 aliphatic heterocycles. The van der Waals surface area contributed by atoms with Crippen molar-refractivity contribution in [2.24, 2.45) is 11.8 Å². The molecule has 2 aliphatic rings. The Labute approximate surface area is 117 Å². The van der Waals surface area contributed by atoms with Crippen LogP contribution in [0.3, 0.4) is 0 Å². The Morgan fingerprint density at radius 2 is 2.11 bits per heavy atom. The number of carboxylic acid groups (broad SMARTS) is 1. The molecule has 3 nitrogen and oxygen atoms in total. The number of carboxylic acids is 1. The molecule has 3 heteroatoms. The number of likely N-dealkylation sites (tertiary alicyclic amines) is 1. The summed E-state index contributed by atoms with van der Waals surface area (Å²) in [6.07, 6.45) is 9.86. The van der Waals surface area contributed by atoms with Gasteiger partial charge in [0.15, 0.2) is 0 Å². The van der Waals surface area contributed by atoms with Crippen molar-refractivity contribution < 1.29 is 9.90 Å². The first-order valence-corrected chi connectivity index (χ1v) is 8.13. The van der Waals surface area contributed by atoms with Crippen LogP contribution in [0.2, 0.25) is 0 Å². The molecule has 0 radical (unpaired) electrons. The van der Waals surface area contributed by atoms with Gasteiger partial charge in [-0.25, -0.2) is 0 Å². The average Bonchev–Trinajstić information content (AvgIpc) is 2.93. The number of fused-ring (bicyclic) bond motifs is 1. The van der Waals surface area contributed by atoms with Crippen LogP contribution in [0.15, 0.2) is 0 Å². The predicted molar refractivity (Wildman–Crippen MR) is 77.2 cm³/mol. The number of hydrogen-bond donors (Lipinski definition) is 1. The van der Waals surface area contributed by atoms with Gasteiger partial charge >= 0.3 is 5.97 Å². The number of nitrogens with zero attached hydrogens (tertiary/aromatic N) is 1. The number of aliphatic carboxylic acids is 1. The second-order valence-electron chi connectivity index (χ2n) is 6.53. The third-order valence-electron chi connectivity index (χ3n) is 5.22. The lowest BCUT2D eigenvalue weighted by atomic mass is 9.94. The first kappa shape index (κ1) is 14.8. The lowest BCUT2D eigenvalue weighted by Gasteiger charge is -2.30. The summed E-state index contributed by atoms with van der Waals surface area (Å²) in [7, 11) is 0. The van der Waals surface area contributed by atoms with Gasteiger partial charge in [-0.05, 0) is 38.0 Å². The molecule has 0 bridgehead atoms. The van der Waals surface area contributed by atoms with E-state index in [2.05, 4.69) is 18.7 Å². The molecule has 0 aromatic rings. The minimum absolute atomic E-state index is 0.200. The highest BCUT2D eigenvalue weighted by atomic mass is 16.4. The van der Waals surface area contributed by atoms with Crippen molar-refractivity contribution in [2.75, 3.05) is 6.54 Å². The summed E-state index contributed by atoms with van der Waals surface area (Å²) in [5.74, 6) is 0.490. The highest BCUT2D eigenvalue weighted by molar-refractivity contribution is 5.74. The maximum atomic E-state index is 11.6. The lowest BCUT2D eigenvalue weighted by Crippen LogP contribution is -2.44. The second kappa shape index (κ2) is 6.74. The van der Waals surface area contributed by atoms with Gasteiger partial charge < -0.3 is 5.11 Å². The molecule has 1 heterocycles. The zero-order chi connectivity index (χ0) is 13.8. The Bertz CT molecular complexity index is 305. The quantitative estimate of drug-likeness (QED) is 0.717. The fourth-order valence-corrected chi connectivity index (χ4v) is 4.15. The van der Waals surface area contributed by atoms with Gasteiger partial charge in [0.05, 0.1) is 0 Å². The standard InChI is InChI=1S/C16H29NO2/c1-3-4-5-6-8-12(2)17-11-13-9-7-10-14(13)15(17)16(18)19/h12-15H,3-11H2,1-2H3,(H,18,19). The summed E-state index contributed by atoms with van der Waals surface area (Å²) in [4.78, 5) is 13.9. The summed E-state index contributed by atoms with van der Waals surface area (Å²) < 4.78 is 0. The molecule has 4 atom stereocenters. The van der Waals surface area contributed by atoms with Gasteiger partial charge in [-0.15, -0.1) is 0 Å². The monoisotopic (exact) mass is 267 g/mol. The average molecular weight is 267 g/mol. The van der Waals surface area contributed by atoms with Crippen molar-refractivity contribution >= 4 is 5.97 Å². The van der Waals surface area contributed by atoms with E-state index in [4.69, 9.17) is 0 Å². The summed E-state index contributed by atoms with van der Waals surface area (Å²) in [5.41, 5.74) is 0. The first-order valence-electron chi connectivity index (χ1n) is 8.13. The third-order valence-corrected chi connectivity index (χ3v) is 5.22. The van der Waals surface area contributed by atoms with Gasteiger partial charge in [-0.1, -0.05) is 39.0 Å². The van der Waals surface area contributed by atoms with E-state index >= 15 is 0 Å². The number of unbranched alkanes of at least 4 members (excludes halogenated alkanes) is 3. The topological polar surface area (TPSA) is 40.5 Å². The van der Waals surface area contributed by atoms with E-state index in [9.17, 15) is 9.90 Å². The molecule has 0 aromatic heterocycles. The van der Waals surface area contributed by atoms with Crippen molar-refractivity contribution in [3.63, 3.8) is 0 Å². The zero-order valence-electron chi connectivity index (χ0n) is 12.5. The van der Waals surface area contributed by atoms with Gasteiger partial charge in [-0.3, -0.25) is 9.69 Å². The summed E-state index contributed by atoms with van der Waals surface area (Å²) in [5, 5.41) is 9.55. The van der Waals surface area contributed by atoms with Crippen LogP contribution < -0.4 is 0 Å². The molecule has 2 fully saturated rings. The van der Waals surface area contributed by atoms with E-state index in [1.165, 1.54) is 38.5 Å². The van der Waals surface area contributed by atoms with E-state index in [0.717, 1.165) is 19.4 Å². The molecule has 0 aromatic carbocycles. The van der Waals surface area contributed by atoms with E-state index in [1.54, 1.807) is 0 Å². The van der Waals surface area contributed by atoms with Crippen molar-refractivity contribution in [2.45, 2.75) is 77.3 Å². The van der Waals surface area contributed by atoms with Crippen molar-refractivity contribution in [1.82, 2.24) is 4.90 Å². The van der Waals surface area contributed by atoms with Crippen LogP contribution in [0, 0.1) is 11.8 Å². The normalized spacial score (nSPS) is 32.4. The molecular weight excluding hydrogens is 238 g/mol. The van der Waals surface area contributed by atoms with E-state index < -0.39 is 5.97 Å². The van der Waals surface area contributed by atoms with Crippen LogP contribution in [-0.2, 0) is 4.79 Å². The summed E-state index contributed by atoms with van der Waals surface area (Å²) in [6, 6.07) is 0.234. The number of hydrogen-bond acceptors (Lipinski definition) is 2. The molecule has 1 N–H and O–H groups in total. The van der Waals surface area contributed by atoms with Crippen LogP contribution in [0.1, 0.15) is 65.2 Å². The van der Waals surface area contributed by atoms with Gasteiger partial charge in [0.1, 0.15) is 6.04 Å². The predicted octanol–water partition coefficient (Wildman–Crippen LogP) is 3.53. The largest absolute Gasteiger partial charge is 0.480 e. The van der Waals surface area contributed by atoms with E-state index in [-0.39, 0.29) is 6.04 Å². The van der Waals surface area contributed by atoms with Crippen molar-refractivity contribution in [3.05, 3.63) is 0 Å². The second-order valence-corrected chi connectivity index (χ2v) is 6.53. The maximum Gasteiger partial charge on any atom is 0.321 e. The minimum atomic E-state index is -0.588. The van der Waals surface area contributed by atoms with Crippen molar-refractivity contribution in [3.8, 4) is 0 Å². The fourth-order valence-electron chi connectivity index (χ4n) is 4.15. The molecular formula is C16H29NO2. The van der Waals surface area contributed by atoms with Crippen molar-refractivity contribution in [1.29, 1.82) is 0 Å². The van der Waals surface area contributed by atoms with Gasteiger partial charge in [-0.2, -0.15) is 0 Å². The summed E-state index contributed by atoms with van der Waals surface area (Å²) >= 11 is 0. The molecule has 4 unspecified atom stereocenters. The number of rotatable bonds is 7. The summed E-state index contributed by atoms with van der Waals surface area (Å²) in [6.45, 7) is 5.48. The molecule has 1 saturated heterocycles. The molecule has 0 spiro atoms. The van der Waals surface area contributed by atoms with Crippen LogP contribution in [0.5, 0.6) is 0 Å². The maximum absolute atomic E-state index is 11.6. The highest BCUT2D eigenvalue weighted by Gasteiger charge is 2.48. The van der Waals surface area contributed by atoms with Crippen LogP contribution in [0.25, 0.3) is 0 Å². The van der Waals surface area contributed by atoms with Gasteiger partial charge in [0.2, 0.25) is 0 Å². The molecule has 0 amide bonds. The Morgan fingerprint density at radius 3 is 2.79 bits per heavy atom. The van der Waals surface area contributed by atoms with Crippen LogP contribution in [-0.4, -0.2) is 34.6 Å². The van der Waals surface area contributed by atoms with E-state index in [1.807, 2.05) is 0 Å². The SMILES string of the molecule is CCCCCCC(C)N1CC2CCCC2C1C(=O)O. The zero-order valence-corrected chi connectivity index (χ0v) is 12.5. The van der Waals surface area contributed by atoms with Crippen LogP contribution >= 0.6 is 0 Å². The molecule has 2 rings (SSSR count). The van der Waals surface area contributed by atoms with Crippen LogP contribution in [0.4, 0.5) is 0 Å². The Balaban J connectivity index is 1.89. The van der Waals surface area contributed by atoms with Gasteiger partial charge in [0, 0.05) is 12.6 Å². The Hall–Kier alpha value is -0.570. The Morgan fingerprint density at radius 1 is 1.32 bits per heavy atom.